The van der Waals surface area contributed by atoms with E-state index in [1.165, 1.54) is 11.0 Å². The molecule has 1 saturated heterocycles. The highest BCUT2D eigenvalue weighted by atomic mass is 32.2. The average Bonchev–Trinajstić information content (AvgIpc) is 2.96. The quantitative estimate of drug-likeness (QED) is 0.672. The molecule has 1 aromatic carbocycles. The zero-order valence-corrected chi connectivity index (χ0v) is 19.4. The molecule has 0 radical (unpaired) electrons. The molecule has 0 aliphatic carbocycles. The standard InChI is InChI=1S/C22H31N3O5S/c1-5-6-13-31(29,30)23-16-9-11-24(12-10-16)19(26)15-7-8-17-18(14-15)21(28)25(20(17)27)22(2,3)4/h7-8,14,16,23H,5-6,9-13H2,1-4H3. The Labute approximate surface area is 184 Å². The molecule has 1 fully saturated rings. The minimum atomic E-state index is -3.30. The maximum Gasteiger partial charge on any atom is 0.262 e. The van der Waals surface area contributed by atoms with Crippen LogP contribution >= 0.6 is 0 Å². The number of fused-ring (bicyclic) bond motifs is 1. The van der Waals surface area contributed by atoms with Gasteiger partial charge in [-0.1, -0.05) is 13.3 Å². The fourth-order valence-corrected chi connectivity index (χ4v) is 5.54. The number of carbonyl (C=O) groups is 3. The van der Waals surface area contributed by atoms with E-state index in [0.717, 1.165) is 6.42 Å². The second kappa shape index (κ2) is 8.70. The number of hydrogen-bond donors (Lipinski definition) is 1. The Bertz CT molecular complexity index is 989. The number of nitrogens with zero attached hydrogens (tertiary/aromatic N) is 2. The predicted molar refractivity (Wildman–Crippen MR) is 117 cm³/mol. The minimum Gasteiger partial charge on any atom is -0.339 e. The molecule has 2 aliphatic rings. The van der Waals surface area contributed by atoms with Gasteiger partial charge in [0.05, 0.1) is 16.9 Å². The zero-order chi connectivity index (χ0) is 23.0. The summed E-state index contributed by atoms with van der Waals surface area (Å²) in [6.07, 6.45) is 2.52. The van der Waals surface area contributed by atoms with Gasteiger partial charge in [0.15, 0.2) is 0 Å². The number of hydrogen-bond acceptors (Lipinski definition) is 5. The number of nitrogens with one attached hydrogen (secondary N) is 1. The lowest BCUT2D eigenvalue weighted by atomic mass is 10.0. The summed E-state index contributed by atoms with van der Waals surface area (Å²) >= 11 is 0. The molecule has 0 unspecified atom stereocenters. The smallest absolute Gasteiger partial charge is 0.262 e. The Hall–Kier alpha value is -2.26. The van der Waals surface area contributed by atoms with Crippen LogP contribution < -0.4 is 4.72 Å². The van der Waals surface area contributed by atoms with Crippen LogP contribution in [0.1, 0.15) is 84.5 Å². The number of amides is 3. The van der Waals surface area contributed by atoms with Crippen LogP contribution in [0.3, 0.4) is 0 Å². The van der Waals surface area contributed by atoms with Gasteiger partial charge in [-0.25, -0.2) is 13.1 Å². The molecule has 0 aromatic heterocycles. The zero-order valence-electron chi connectivity index (χ0n) is 18.6. The summed E-state index contributed by atoms with van der Waals surface area (Å²) in [6.45, 7) is 8.18. The van der Waals surface area contributed by atoms with Gasteiger partial charge in [-0.3, -0.25) is 19.3 Å². The number of piperidine rings is 1. The van der Waals surface area contributed by atoms with Crippen LogP contribution in [0, 0.1) is 0 Å². The van der Waals surface area contributed by atoms with Crippen molar-refractivity contribution in [3.05, 3.63) is 34.9 Å². The van der Waals surface area contributed by atoms with E-state index in [1.807, 2.05) is 6.92 Å². The third kappa shape index (κ3) is 4.98. The Morgan fingerprint density at radius 1 is 1.10 bits per heavy atom. The van der Waals surface area contributed by atoms with Crippen molar-refractivity contribution in [3.63, 3.8) is 0 Å². The molecule has 3 amide bonds. The lowest BCUT2D eigenvalue weighted by Crippen LogP contribution is -2.47. The van der Waals surface area contributed by atoms with Crippen molar-refractivity contribution in [1.82, 2.24) is 14.5 Å². The van der Waals surface area contributed by atoms with Crippen molar-refractivity contribution in [3.8, 4) is 0 Å². The maximum absolute atomic E-state index is 13.0. The molecule has 2 heterocycles. The molecule has 31 heavy (non-hydrogen) atoms. The fraction of sp³-hybridized carbons (Fsp3) is 0.591. The van der Waals surface area contributed by atoms with Gasteiger partial charge in [-0.2, -0.15) is 0 Å². The van der Waals surface area contributed by atoms with Gasteiger partial charge in [0, 0.05) is 30.2 Å². The first kappa shape index (κ1) is 23.4. The number of sulfonamides is 1. The number of benzene rings is 1. The molecule has 0 atom stereocenters. The van der Waals surface area contributed by atoms with E-state index in [4.69, 9.17) is 0 Å². The van der Waals surface area contributed by atoms with Crippen molar-refractivity contribution < 1.29 is 22.8 Å². The molecule has 170 valence electrons. The summed E-state index contributed by atoms with van der Waals surface area (Å²) < 4.78 is 26.9. The highest BCUT2D eigenvalue weighted by Gasteiger charge is 2.42. The molecule has 3 rings (SSSR count). The number of unbranched alkanes of at least 4 members (excludes halogenated alkanes) is 1. The van der Waals surface area contributed by atoms with Gasteiger partial charge >= 0.3 is 0 Å². The first-order chi connectivity index (χ1) is 14.4. The average molecular weight is 450 g/mol. The van der Waals surface area contributed by atoms with Crippen LogP contribution in [0.4, 0.5) is 0 Å². The SMILES string of the molecule is CCCCS(=O)(=O)NC1CCN(C(=O)c2ccc3c(c2)C(=O)N(C(C)(C)C)C3=O)CC1. The van der Waals surface area contributed by atoms with Gasteiger partial charge in [0.25, 0.3) is 17.7 Å². The van der Waals surface area contributed by atoms with Crippen molar-refractivity contribution in [2.24, 2.45) is 0 Å². The highest BCUT2D eigenvalue weighted by molar-refractivity contribution is 7.89. The van der Waals surface area contributed by atoms with E-state index in [-0.39, 0.29) is 35.1 Å². The number of imide groups is 1. The van der Waals surface area contributed by atoms with Crippen molar-refractivity contribution in [1.29, 1.82) is 0 Å². The summed E-state index contributed by atoms with van der Waals surface area (Å²) in [6, 6.07) is 4.45. The Morgan fingerprint density at radius 2 is 1.71 bits per heavy atom. The van der Waals surface area contributed by atoms with Crippen molar-refractivity contribution in [2.45, 2.75) is 65.0 Å². The first-order valence-electron chi connectivity index (χ1n) is 10.8. The van der Waals surface area contributed by atoms with Crippen LogP contribution in [0.2, 0.25) is 0 Å². The molecule has 0 saturated carbocycles. The molecule has 9 heteroatoms. The number of rotatable bonds is 6. The molecule has 1 N–H and O–H groups in total. The third-order valence-corrected chi connectivity index (χ3v) is 7.22. The third-order valence-electron chi connectivity index (χ3n) is 5.70. The van der Waals surface area contributed by atoms with Crippen LogP contribution in [0.5, 0.6) is 0 Å². The maximum atomic E-state index is 13.0. The molecule has 8 nitrogen and oxygen atoms in total. The van der Waals surface area contributed by atoms with Crippen LogP contribution in [0.25, 0.3) is 0 Å². The topological polar surface area (TPSA) is 104 Å². The Balaban J connectivity index is 1.66. The van der Waals surface area contributed by atoms with Crippen LogP contribution in [0.15, 0.2) is 18.2 Å². The molecule has 0 spiro atoms. The highest BCUT2D eigenvalue weighted by Crippen LogP contribution is 2.30. The molecular formula is C22H31N3O5S. The minimum absolute atomic E-state index is 0.121. The Kier molecular flexibility index (Phi) is 6.57. The van der Waals surface area contributed by atoms with E-state index in [1.54, 1.807) is 37.8 Å². The van der Waals surface area contributed by atoms with E-state index < -0.39 is 15.6 Å². The largest absolute Gasteiger partial charge is 0.339 e. The summed E-state index contributed by atoms with van der Waals surface area (Å²) in [4.78, 5) is 41.2. The molecular weight excluding hydrogens is 418 g/mol. The second-order valence-electron chi connectivity index (χ2n) is 9.23. The molecule has 1 aromatic rings. The van der Waals surface area contributed by atoms with Crippen LogP contribution in [-0.4, -0.2) is 66.4 Å². The summed E-state index contributed by atoms with van der Waals surface area (Å²) in [5.41, 5.74) is 0.280. The number of carbonyl (C=O) groups excluding carboxylic acids is 3. The van der Waals surface area contributed by atoms with Crippen LogP contribution in [-0.2, 0) is 10.0 Å². The predicted octanol–water partition coefficient (Wildman–Crippen LogP) is 2.41. The normalized spacial score (nSPS) is 17.9. The lowest BCUT2D eigenvalue weighted by molar-refractivity contribution is 0.0507. The van der Waals surface area contributed by atoms with Gasteiger partial charge < -0.3 is 4.90 Å². The fourth-order valence-electron chi connectivity index (χ4n) is 4.01. The summed E-state index contributed by atoms with van der Waals surface area (Å²) in [7, 11) is -3.30. The van der Waals surface area contributed by atoms with E-state index in [9.17, 15) is 22.8 Å². The Morgan fingerprint density at radius 3 is 2.29 bits per heavy atom. The van der Waals surface area contributed by atoms with Crippen molar-refractivity contribution >= 4 is 27.7 Å². The van der Waals surface area contributed by atoms with E-state index in [2.05, 4.69) is 4.72 Å². The van der Waals surface area contributed by atoms with Gasteiger partial charge in [-0.05, 0) is 58.2 Å². The summed E-state index contributed by atoms with van der Waals surface area (Å²) in [5.74, 6) is -0.828. The monoisotopic (exact) mass is 449 g/mol. The molecule has 0 bridgehead atoms. The number of likely N-dealkylation sites (tertiary alicyclic amines) is 1. The van der Waals surface area contributed by atoms with Gasteiger partial charge in [-0.15, -0.1) is 0 Å². The van der Waals surface area contributed by atoms with E-state index in [0.29, 0.717) is 43.5 Å². The molecule has 2 aliphatic heterocycles. The van der Waals surface area contributed by atoms with E-state index >= 15 is 0 Å². The van der Waals surface area contributed by atoms with Crippen molar-refractivity contribution in [2.75, 3.05) is 18.8 Å². The second-order valence-corrected chi connectivity index (χ2v) is 11.1. The lowest BCUT2D eigenvalue weighted by Gasteiger charge is -2.32. The summed E-state index contributed by atoms with van der Waals surface area (Å²) in [5, 5.41) is 0. The van der Waals surface area contributed by atoms with Gasteiger partial charge in [0.2, 0.25) is 10.0 Å². The first-order valence-corrected chi connectivity index (χ1v) is 12.4. The van der Waals surface area contributed by atoms with Gasteiger partial charge in [0.1, 0.15) is 0 Å².